The van der Waals surface area contributed by atoms with Gasteiger partial charge in [-0.15, -0.1) is 0 Å². The normalized spacial score (nSPS) is 13.0. The van der Waals surface area contributed by atoms with Gasteiger partial charge in [-0.1, -0.05) is 25.4 Å². The maximum atomic E-state index is 15.1. The van der Waals surface area contributed by atoms with Crippen molar-refractivity contribution in [1.82, 2.24) is 14.7 Å². The molecule has 1 saturated carbocycles. The molecule has 1 fully saturated rings. The van der Waals surface area contributed by atoms with Crippen molar-refractivity contribution in [2.75, 3.05) is 7.11 Å². The van der Waals surface area contributed by atoms with Crippen molar-refractivity contribution in [3.63, 3.8) is 0 Å². The summed E-state index contributed by atoms with van der Waals surface area (Å²) in [5.74, 6) is -0.298. The monoisotopic (exact) mass is 535 g/mol. The van der Waals surface area contributed by atoms with Gasteiger partial charge in [-0.25, -0.2) is 14.4 Å². The van der Waals surface area contributed by atoms with E-state index in [0.29, 0.717) is 22.3 Å². The van der Waals surface area contributed by atoms with Crippen molar-refractivity contribution in [2.45, 2.75) is 37.2 Å². The molecule has 7 nitrogen and oxygen atoms in total. The zero-order valence-corrected chi connectivity index (χ0v) is 21.6. The van der Waals surface area contributed by atoms with Gasteiger partial charge in [0, 0.05) is 40.0 Å². The van der Waals surface area contributed by atoms with Crippen LogP contribution in [0.2, 0.25) is 5.02 Å². The Labute approximate surface area is 216 Å². The first kappa shape index (κ1) is 25.4. The zero-order chi connectivity index (χ0) is 24.9. The Bertz CT molecular complexity index is 1230. The van der Waals surface area contributed by atoms with E-state index in [2.05, 4.69) is 14.7 Å². The van der Waals surface area contributed by atoms with Crippen molar-refractivity contribution < 1.29 is 22.8 Å². The highest BCUT2D eigenvalue weighted by Crippen LogP contribution is 2.40. The fourth-order valence-corrected chi connectivity index (χ4v) is 4.37. The van der Waals surface area contributed by atoms with Crippen LogP contribution < -0.4 is 18.4 Å². The molecule has 0 spiro atoms. The van der Waals surface area contributed by atoms with E-state index < -0.39 is 11.7 Å². The summed E-state index contributed by atoms with van der Waals surface area (Å²) in [7, 11) is 1.48. The number of halogens is 2. The van der Waals surface area contributed by atoms with Crippen LogP contribution in [0.1, 0.15) is 37.0 Å². The molecule has 35 heavy (non-hydrogen) atoms. The van der Waals surface area contributed by atoms with Crippen LogP contribution in [0.25, 0.3) is 11.1 Å². The van der Waals surface area contributed by atoms with Crippen LogP contribution in [0, 0.1) is 5.82 Å². The molecule has 0 saturated heterocycles. The van der Waals surface area contributed by atoms with Gasteiger partial charge >= 0.3 is 0 Å². The first-order chi connectivity index (χ1) is 16.9. The van der Waals surface area contributed by atoms with Crippen LogP contribution >= 0.6 is 35.6 Å². The number of pyridine rings is 2. The number of hydrogen-bond acceptors (Lipinski definition) is 8. The summed E-state index contributed by atoms with van der Waals surface area (Å²) in [5, 5.41) is 0.845. The van der Waals surface area contributed by atoms with Crippen molar-refractivity contribution in [1.29, 1.82) is 0 Å². The number of amides is 1. The average molecular weight is 536 g/mol. The molecule has 0 unspecified atom stereocenters. The molecule has 1 aliphatic carbocycles. The topological polar surface area (TPSA) is 82.6 Å². The van der Waals surface area contributed by atoms with Crippen LogP contribution in [0.5, 0.6) is 23.3 Å². The molecule has 1 aromatic carbocycles. The summed E-state index contributed by atoms with van der Waals surface area (Å²) < 4.78 is 34.7. The third kappa shape index (κ3) is 6.50. The van der Waals surface area contributed by atoms with Gasteiger partial charge in [-0.05, 0) is 43.0 Å². The number of methoxy groups -OCH3 is 1. The lowest BCUT2D eigenvalue weighted by atomic mass is 10.0. The van der Waals surface area contributed by atoms with E-state index in [1.807, 2.05) is 13.8 Å². The molecule has 184 valence electrons. The molecule has 2 heterocycles. The Balaban J connectivity index is 1.69. The number of carbonyl (C=O) groups is 1. The van der Waals surface area contributed by atoms with Gasteiger partial charge in [0.1, 0.15) is 22.3 Å². The van der Waals surface area contributed by atoms with E-state index in [9.17, 15) is 4.79 Å². The molecule has 2 aromatic heterocycles. The number of ether oxygens (including phenoxy) is 2. The van der Waals surface area contributed by atoms with Gasteiger partial charge in [0.15, 0.2) is 0 Å². The van der Waals surface area contributed by atoms with Gasteiger partial charge in [0.05, 0.1) is 30.9 Å². The minimum Gasteiger partial charge on any atom is -0.481 e. The summed E-state index contributed by atoms with van der Waals surface area (Å²) in [6.45, 7) is 3.96. The lowest BCUT2D eigenvalue weighted by molar-refractivity contribution is 0.0980. The first-order valence-corrected chi connectivity index (χ1v) is 12.9. The smallest absolute Gasteiger partial charge is 0.264 e. The predicted molar refractivity (Wildman–Crippen MR) is 137 cm³/mol. The van der Waals surface area contributed by atoms with Crippen LogP contribution in [-0.2, 0) is 0 Å². The zero-order valence-electron chi connectivity index (χ0n) is 19.2. The SMILES string of the molecule is COc1ncccc1-c1cc(C(=O)NSC2CC2)c(F)cc1Oc1cnc(OSC(C)C)c(Cl)c1. The molecule has 0 aliphatic heterocycles. The first-order valence-electron chi connectivity index (χ1n) is 10.8. The lowest BCUT2D eigenvalue weighted by Gasteiger charge is -2.16. The highest BCUT2D eigenvalue weighted by Gasteiger charge is 2.25. The molecule has 3 aromatic rings. The van der Waals surface area contributed by atoms with Crippen molar-refractivity contribution in [2.24, 2.45) is 0 Å². The van der Waals surface area contributed by atoms with Gasteiger partial charge in [0.25, 0.3) is 5.91 Å². The molecule has 1 aliphatic rings. The summed E-state index contributed by atoms with van der Waals surface area (Å²) in [5.41, 5.74) is 0.836. The minimum absolute atomic E-state index is 0.114. The standard InChI is InChI=1S/C24H23ClFN3O4S2/c1-13(2)35-33-24-19(25)9-14(12-28-24)32-21-11-20(26)18(22(30)29-34-15-6-7-15)10-17(21)16-5-4-8-27-23(16)31-3/h4-5,8-13,15H,6-7H2,1-3H3,(H,29,30). The van der Waals surface area contributed by atoms with E-state index in [0.717, 1.165) is 18.9 Å². The van der Waals surface area contributed by atoms with Gasteiger partial charge in [-0.3, -0.25) is 9.52 Å². The maximum Gasteiger partial charge on any atom is 0.264 e. The van der Waals surface area contributed by atoms with Crippen LogP contribution in [0.15, 0.2) is 42.7 Å². The number of benzene rings is 1. The Morgan fingerprint density at radius 2 is 2.00 bits per heavy atom. The Kier molecular flexibility index (Phi) is 8.25. The van der Waals surface area contributed by atoms with Gasteiger partial charge in [0.2, 0.25) is 11.8 Å². The second-order valence-corrected chi connectivity index (χ2v) is 10.7. The summed E-state index contributed by atoms with van der Waals surface area (Å²) in [6, 6.07) is 7.58. The van der Waals surface area contributed by atoms with E-state index in [1.54, 1.807) is 18.3 Å². The van der Waals surface area contributed by atoms with Crippen molar-refractivity contribution in [3.05, 3.63) is 59.1 Å². The highest BCUT2D eigenvalue weighted by molar-refractivity contribution is 7.98. The number of carbonyl (C=O) groups excluding carboxylic acids is 1. The second kappa shape index (κ2) is 11.4. The number of nitrogens with one attached hydrogen (secondary N) is 1. The second-order valence-electron chi connectivity index (χ2n) is 7.93. The minimum atomic E-state index is -0.729. The third-order valence-electron chi connectivity index (χ3n) is 4.74. The maximum absolute atomic E-state index is 15.1. The van der Waals surface area contributed by atoms with Crippen LogP contribution in [0.3, 0.4) is 0 Å². The van der Waals surface area contributed by atoms with Crippen molar-refractivity contribution in [3.8, 4) is 34.4 Å². The number of rotatable bonds is 10. The van der Waals surface area contributed by atoms with Gasteiger partial charge < -0.3 is 13.7 Å². The van der Waals surface area contributed by atoms with E-state index in [-0.39, 0.29) is 33.2 Å². The van der Waals surface area contributed by atoms with Crippen LogP contribution in [0.4, 0.5) is 4.39 Å². The lowest BCUT2D eigenvalue weighted by Crippen LogP contribution is -2.18. The average Bonchev–Trinajstić information content (AvgIpc) is 3.67. The summed E-state index contributed by atoms with van der Waals surface area (Å²) in [6.07, 6.45) is 5.07. The summed E-state index contributed by atoms with van der Waals surface area (Å²) >= 11 is 8.84. The quantitative estimate of drug-likeness (QED) is 0.226. The molecule has 1 N–H and O–H groups in total. The fraction of sp³-hybridized carbons (Fsp3) is 0.292. The summed E-state index contributed by atoms with van der Waals surface area (Å²) in [4.78, 5) is 21.1. The van der Waals surface area contributed by atoms with E-state index >= 15 is 4.39 Å². The molecule has 1 amide bonds. The molecule has 0 bridgehead atoms. The Morgan fingerprint density at radius 3 is 2.69 bits per heavy atom. The highest BCUT2D eigenvalue weighted by atomic mass is 35.5. The van der Waals surface area contributed by atoms with Crippen molar-refractivity contribution >= 4 is 41.5 Å². The Hall–Kier alpha value is -2.69. The number of aromatic nitrogens is 2. The Morgan fingerprint density at radius 1 is 1.20 bits per heavy atom. The fourth-order valence-electron chi connectivity index (χ4n) is 2.95. The molecule has 0 atom stereocenters. The molecular weight excluding hydrogens is 513 g/mol. The van der Waals surface area contributed by atoms with E-state index in [4.69, 9.17) is 25.3 Å². The predicted octanol–water partition coefficient (Wildman–Crippen LogP) is 6.71. The van der Waals surface area contributed by atoms with Gasteiger partial charge in [-0.2, -0.15) is 0 Å². The molecule has 0 radical (unpaired) electrons. The largest absolute Gasteiger partial charge is 0.481 e. The number of hydrogen-bond donors (Lipinski definition) is 1. The van der Waals surface area contributed by atoms with Crippen LogP contribution in [-0.4, -0.2) is 33.5 Å². The number of nitrogens with zero attached hydrogens (tertiary/aromatic N) is 2. The molecule has 4 rings (SSSR count). The molecule has 11 heteroatoms. The third-order valence-corrected chi connectivity index (χ3v) is 6.76. The van der Waals surface area contributed by atoms with E-state index in [1.165, 1.54) is 49.4 Å². The molecular formula is C24H23ClFN3O4S2.